The highest BCUT2D eigenvalue weighted by atomic mass is 17.2. The molecule has 0 aliphatic heterocycles. The topological polar surface area (TPSA) is 35.5 Å². The average Bonchev–Trinajstić information content (AvgIpc) is 2.14. The quantitative estimate of drug-likeness (QED) is 0.366. The molecule has 0 radical (unpaired) electrons. The van der Waals surface area contributed by atoms with Crippen LogP contribution in [0.15, 0.2) is 0 Å². The van der Waals surface area contributed by atoms with Crippen LogP contribution in [-0.4, -0.2) is 12.6 Å². The van der Waals surface area contributed by atoms with E-state index in [4.69, 9.17) is 9.78 Å². The molecule has 1 atom stereocenters. The lowest BCUT2D eigenvalue weighted by Gasteiger charge is -2.22. The molecule has 1 unspecified atom stereocenters. The van der Waals surface area contributed by atoms with Crippen LogP contribution >= 0.6 is 0 Å². The smallest absolute Gasteiger partial charge is 0.298 e. The van der Waals surface area contributed by atoms with E-state index in [1.54, 1.807) is 0 Å². The summed E-state index contributed by atoms with van der Waals surface area (Å²) in [6, 6.07) is 0. The SMILES string of the molecule is CCCCCOOC(=O)CC(C)CC(C)(C)C. The first-order valence-corrected chi connectivity index (χ1v) is 6.67. The molecule has 0 saturated heterocycles. The molecular formula is C14H28O3. The van der Waals surface area contributed by atoms with Gasteiger partial charge >= 0.3 is 5.97 Å². The van der Waals surface area contributed by atoms with Crippen molar-refractivity contribution in [2.24, 2.45) is 11.3 Å². The van der Waals surface area contributed by atoms with E-state index >= 15 is 0 Å². The minimum atomic E-state index is -0.252. The van der Waals surface area contributed by atoms with Gasteiger partial charge in [0.2, 0.25) is 0 Å². The third-order valence-electron chi connectivity index (χ3n) is 2.46. The van der Waals surface area contributed by atoms with Gasteiger partial charge in [0, 0.05) is 0 Å². The average molecular weight is 244 g/mol. The van der Waals surface area contributed by atoms with Crippen LogP contribution in [0.4, 0.5) is 0 Å². The fourth-order valence-electron chi connectivity index (χ4n) is 1.95. The number of hydrogen-bond donors (Lipinski definition) is 0. The summed E-state index contributed by atoms with van der Waals surface area (Å²) in [5, 5.41) is 0. The lowest BCUT2D eigenvalue weighted by Crippen LogP contribution is -2.16. The Hall–Kier alpha value is -0.570. The Morgan fingerprint density at radius 3 is 2.41 bits per heavy atom. The zero-order chi connectivity index (χ0) is 13.3. The lowest BCUT2D eigenvalue weighted by atomic mass is 9.84. The van der Waals surface area contributed by atoms with E-state index in [0.717, 1.165) is 25.7 Å². The van der Waals surface area contributed by atoms with E-state index in [1.165, 1.54) is 0 Å². The Morgan fingerprint density at radius 1 is 1.24 bits per heavy atom. The Bertz CT molecular complexity index is 206. The summed E-state index contributed by atoms with van der Waals surface area (Å²) in [5.74, 6) is 0.0833. The molecule has 0 rings (SSSR count). The van der Waals surface area contributed by atoms with Crippen molar-refractivity contribution in [3.05, 3.63) is 0 Å². The van der Waals surface area contributed by atoms with Gasteiger partial charge in [-0.2, -0.15) is 4.89 Å². The van der Waals surface area contributed by atoms with E-state index in [2.05, 4.69) is 34.6 Å². The van der Waals surface area contributed by atoms with E-state index in [9.17, 15) is 4.79 Å². The van der Waals surface area contributed by atoms with Crippen LogP contribution in [0, 0.1) is 11.3 Å². The third-order valence-corrected chi connectivity index (χ3v) is 2.46. The van der Waals surface area contributed by atoms with E-state index in [0.29, 0.717) is 18.9 Å². The number of hydrogen-bond acceptors (Lipinski definition) is 3. The first-order valence-electron chi connectivity index (χ1n) is 6.67. The van der Waals surface area contributed by atoms with Crippen molar-refractivity contribution in [1.82, 2.24) is 0 Å². The number of unbranched alkanes of at least 4 members (excludes halogenated alkanes) is 2. The highest BCUT2D eigenvalue weighted by Gasteiger charge is 2.18. The molecule has 0 aromatic heterocycles. The molecule has 0 aromatic rings. The zero-order valence-electron chi connectivity index (χ0n) is 12.0. The van der Waals surface area contributed by atoms with Gasteiger partial charge in [-0.15, -0.1) is 0 Å². The fraction of sp³-hybridized carbons (Fsp3) is 0.929. The van der Waals surface area contributed by atoms with Crippen LogP contribution in [0.1, 0.15) is 66.7 Å². The molecule has 3 nitrogen and oxygen atoms in total. The van der Waals surface area contributed by atoms with Crippen LogP contribution in [0.3, 0.4) is 0 Å². The third kappa shape index (κ3) is 11.7. The maximum absolute atomic E-state index is 11.4. The van der Waals surface area contributed by atoms with Gasteiger partial charge in [0.25, 0.3) is 0 Å². The van der Waals surface area contributed by atoms with Gasteiger partial charge in [0.1, 0.15) is 0 Å². The molecule has 3 heteroatoms. The fourth-order valence-corrected chi connectivity index (χ4v) is 1.95. The molecule has 0 N–H and O–H groups in total. The summed E-state index contributed by atoms with van der Waals surface area (Å²) >= 11 is 0. The van der Waals surface area contributed by atoms with Crippen molar-refractivity contribution in [2.45, 2.75) is 66.7 Å². The molecule has 0 aliphatic carbocycles. The molecule has 0 bridgehead atoms. The van der Waals surface area contributed by atoms with Crippen LogP contribution in [0.25, 0.3) is 0 Å². The van der Waals surface area contributed by atoms with Crippen molar-refractivity contribution < 1.29 is 14.6 Å². The normalized spacial score (nSPS) is 13.5. The van der Waals surface area contributed by atoms with Gasteiger partial charge in [0.15, 0.2) is 0 Å². The summed E-state index contributed by atoms with van der Waals surface area (Å²) in [5.41, 5.74) is 0.252. The molecule has 0 aromatic carbocycles. The van der Waals surface area contributed by atoms with Crippen molar-refractivity contribution in [3.63, 3.8) is 0 Å². The monoisotopic (exact) mass is 244 g/mol. The minimum Gasteiger partial charge on any atom is -0.298 e. The molecule has 102 valence electrons. The maximum atomic E-state index is 11.4. The number of rotatable bonds is 8. The van der Waals surface area contributed by atoms with Gasteiger partial charge in [-0.05, 0) is 24.2 Å². The molecule has 0 heterocycles. The zero-order valence-corrected chi connectivity index (χ0v) is 12.0. The van der Waals surface area contributed by atoms with E-state index in [1.807, 2.05) is 0 Å². The highest BCUT2D eigenvalue weighted by Crippen LogP contribution is 2.26. The molecule has 0 fully saturated rings. The summed E-state index contributed by atoms with van der Waals surface area (Å²) in [6.45, 7) is 11.2. The van der Waals surface area contributed by atoms with Crippen molar-refractivity contribution in [1.29, 1.82) is 0 Å². The van der Waals surface area contributed by atoms with Gasteiger partial charge in [0.05, 0.1) is 13.0 Å². The Morgan fingerprint density at radius 2 is 1.88 bits per heavy atom. The van der Waals surface area contributed by atoms with E-state index in [-0.39, 0.29) is 11.4 Å². The van der Waals surface area contributed by atoms with Gasteiger partial charge in [-0.3, -0.25) is 4.89 Å². The molecule has 17 heavy (non-hydrogen) atoms. The predicted molar refractivity (Wildman–Crippen MR) is 69.4 cm³/mol. The predicted octanol–water partition coefficient (Wildman–Crippen LogP) is 4.11. The number of carbonyl (C=O) groups is 1. The molecule has 0 saturated carbocycles. The second-order valence-corrected chi connectivity index (χ2v) is 6.06. The van der Waals surface area contributed by atoms with Gasteiger partial charge in [-0.25, -0.2) is 4.79 Å². The molecule has 0 aliphatic rings. The van der Waals surface area contributed by atoms with Gasteiger partial charge < -0.3 is 0 Å². The minimum absolute atomic E-state index is 0.252. The summed E-state index contributed by atoms with van der Waals surface area (Å²) < 4.78 is 0. The molecular weight excluding hydrogens is 216 g/mol. The van der Waals surface area contributed by atoms with Crippen LogP contribution in [0.5, 0.6) is 0 Å². The second kappa shape index (κ2) is 8.51. The Balaban J connectivity index is 3.58. The summed E-state index contributed by atoms with van der Waals surface area (Å²) in [7, 11) is 0. The maximum Gasteiger partial charge on any atom is 0.342 e. The van der Waals surface area contributed by atoms with E-state index < -0.39 is 0 Å². The Labute approximate surface area is 106 Å². The standard InChI is InChI=1S/C14H28O3/c1-6-7-8-9-16-17-13(15)10-12(2)11-14(3,4)5/h12H,6-11H2,1-5H3. The lowest BCUT2D eigenvalue weighted by molar-refractivity contribution is -0.273. The van der Waals surface area contributed by atoms with Crippen molar-refractivity contribution >= 4 is 5.97 Å². The second-order valence-electron chi connectivity index (χ2n) is 6.06. The van der Waals surface area contributed by atoms with Gasteiger partial charge in [-0.1, -0.05) is 47.5 Å². The largest absolute Gasteiger partial charge is 0.342 e. The first-order chi connectivity index (χ1) is 7.85. The van der Waals surface area contributed by atoms with Crippen molar-refractivity contribution in [2.75, 3.05) is 6.61 Å². The van der Waals surface area contributed by atoms with Crippen LogP contribution < -0.4 is 0 Å². The summed E-state index contributed by atoms with van der Waals surface area (Å²) in [6.07, 6.45) is 4.64. The van der Waals surface area contributed by atoms with Crippen LogP contribution in [-0.2, 0) is 14.6 Å². The molecule has 0 spiro atoms. The summed E-state index contributed by atoms with van der Waals surface area (Å²) in [4.78, 5) is 21.0. The molecule has 0 amide bonds. The first kappa shape index (κ1) is 16.4. The van der Waals surface area contributed by atoms with Crippen LogP contribution in [0.2, 0.25) is 0 Å². The highest BCUT2D eigenvalue weighted by molar-refractivity contribution is 5.68. The Kier molecular flexibility index (Phi) is 8.23. The van der Waals surface area contributed by atoms with Crippen molar-refractivity contribution in [3.8, 4) is 0 Å². The number of carbonyl (C=O) groups excluding carboxylic acids is 1.